The molecular formula is C9H10F3NO. The Hall–Kier alpha value is -1.10. The zero-order valence-electron chi connectivity index (χ0n) is 7.54. The van der Waals surface area contributed by atoms with Crippen molar-refractivity contribution in [2.75, 3.05) is 0 Å². The van der Waals surface area contributed by atoms with E-state index in [1.54, 1.807) is 13.0 Å². The van der Waals surface area contributed by atoms with Gasteiger partial charge < -0.3 is 5.11 Å². The van der Waals surface area contributed by atoms with Crippen LogP contribution in [0.4, 0.5) is 13.2 Å². The van der Waals surface area contributed by atoms with Crippen molar-refractivity contribution in [1.82, 2.24) is 4.98 Å². The van der Waals surface area contributed by atoms with Crippen LogP contribution in [0.3, 0.4) is 0 Å². The Morgan fingerprint density at radius 1 is 1.43 bits per heavy atom. The van der Waals surface area contributed by atoms with Crippen molar-refractivity contribution in [3.05, 3.63) is 29.6 Å². The number of halogens is 3. The van der Waals surface area contributed by atoms with Crippen molar-refractivity contribution >= 4 is 0 Å². The molecule has 0 aromatic carbocycles. The molecule has 78 valence electrons. The first-order valence-corrected chi connectivity index (χ1v) is 4.06. The maximum absolute atomic E-state index is 11.9. The van der Waals surface area contributed by atoms with E-state index in [4.69, 9.17) is 5.11 Å². The zero-order chi connectivity index (χ0) is 10.8. The summed E-state index contributed by atoms with van der Waals surface area (Å²) < 4.78 is 35.8. The Morgan fingerprint density at radius 3 is 2.50 bits per heavy atom. The molecule has 14 heavy (non-hydrogen) atoms. The summed E-state index contributed by atoms with van der Waals surface area (Å²) >= 11 is 0. The Labute approximate surface area is 79.4 Å². The summed E-state index contributed by atoms with van der Waals surface area (Å²) in [5.41, 5.74) is 1.11. The van der Waals surface area contributed by atoms with Gasteiger partial charge >= 0.3 is 6.18 Å². The maximum atomic E-state index is 11.9. The molecule has 0 amide bonds. The fourth-order valence-corrected chi connectivity index (χ4v) is 0.933. The van der Waals surface area contributed by atoms with Crippen molar-refractivity contribution in [2.45, 2.75) is 25.6 Å². The van der Waals surface area contributed by atoms with Crippen molar-refractivity contribution in [1.29, 1.82) is 0 Å². The zero-order valence-corrected chi connectivity index (χ0v) is 7.54. The number of aromatic nitrogens is 1. The summed E-state index contributed by atoms with van der Waals surface area (Å²) in [4.78, 5) is 3.77. The smallest absolute Gasteiger partial charge is 0.383 e. The van der Waals surface area contributed by atoms with Crippen LogP contribution in [-0.4, -0.2) is 22.4 Å². The molecule has 1 rings (SSSR count). The van der Waals surface area contributed by atoms with E-state index in [-0.39, 0.29) is 5.69 Å². The monoisotopic (exact) mass is 205 g/mol. The van der Waals surface area contributed by atoms with Crippen LogP contribution in [0.15, 0.2) is 18.3 Å². The molecule has 0 bridgehead atoms. The Kier molecular flexibility index (Phi) is 3.10. The summed E-state index contributed by atoms with van der Waals surface area (Å²) in [6, 6.07) is 3.13. The van der Waals surface area contributed by atoms with E-state index in [0.29, 0.717) is 0 Å². The van der Waals surface area contributed by atoms with E-state index in [2.05, 4.69) is 4.98 Å². The highest BCUT2D eigenvalue weighted by Crippen LogP contribution is 2.22. The Morgan fingerprint density at radius 2 is 2.07 bits per heavy atom. The Balaban J connectivity index is 2.65. The lowest BCUT2D eigenvalue weighted by molar-refractivity contribution is -0.203. The summed E-state index contributed by atoms with van der Waals surface area (Å²) in [6.07, 6.45) is -5.94. The summed E-state index contributed by atoms with van der Waals surface area (Å²) in [5, 5.41) is 8.74. The van der Waals surface area contributed by atoms with E-state index in [1.165, 1.54) is 12.3 Å². The number of rotatable bonds is 2. The fourth-order valence-electron chi connectivity index (χ4n) is 0.933. The van der Waals surface area contributed by atoms with Gasteiger partial charge in [0.2, 0.25) is 0 Å². The van der Waals surface area contributed by atoms with Crippen molar-refractivity contribution < 1.29 is 18.3 Å². The topological polar surface area (TPSA) is 33.1 Å². The van der Waals surface area contributed by atoms with Gasteiger partial charge in [0, 0.05) is 18.3 Å². The molecule has 0 aliphatic rings. The molecule has 5 heteroatoms. The second-order valence-corrected chi connectivity index (χ2v) is 3.09. The first kappa shape index (κ1) is 11.0. The highest BCUT2D eigenvalue weighted by Gasteiger charge is 2.38. The first-order chi connectivity index (χ1) is 6.39. The largest absolute Gasteiger partial charge is 0.414 e. The van der Waals surface area contributed by atoms with Crippen LogP contribution in [0, 0.1) is 6.92 Å². The fraction of sp³-hybridized carbons (Fsp3) is 0.444. The summed E-state index contributed by atoms with van der Waals surface area (Å²) in [6.45, 7) is 1.79. The molecule has 1 N–H and O–H groups in total. The van der Waals surface area contributed by atoms with Gasteiger partial charge in [-0.1, -0.05) is 6.07 Å². The average Bonchev–Trinajstić information content (AvgIpc) is 2.07. The number of hydrogen-bond donors (Lipinski definition) is 1. The van der Waals surface area contributed by atoms with Gasteiger partial charge in [0.1, 0.15) is 0 Å². The molecule has 1 heterocycles. The first-order valence-electron chi connectivity index (χ1n) is 4.06. The van der Waals surface area contributed by atoms with Gasteiger partial charge in [-0.2, -0.15) is 13.2 Å². The molecule has 0 aliphatic carbocycles. The number of alkyl halides is 3. The van der Waals surface area contributed by atoms with Crippen molar-refractivity contribution in [3.63, 3.8) is 0 Å². The van der Waals surface area contributed by atoms with Crippen molar-refractivity contribution in [2.24, 2.45) is 0 Å². The molecule has 1 unspecified atom stereocenters. The van der Waals surface area contributed by atoms with Gasteiger partial charge in [-0.15, -0.1) is 0 Å². The molecule has 0 saturated heterocycles. The van der Waals surface area contributed by atoms with E-state index < -0.39 is 18.7 Å². The van der Waals surface area contributed by atoms with E-state index in [1.807, 2.05) is 0 Å². The predicted molar refractivity (Wildman–Crippen MR) is 44.7 cm³/mol. The van der Waals surface area contributed by atoms with Gasteiger partial charge in [-0.05, 0) is 18.6 Å². The molecular weight excluding hydrogens is 195 g/mol. The number of aliphatic hydroxyl groups excluding tert-OH is 1. The van der Waals surface area contributed by atoms with Crippen LogP contribution in [-0.2, 0) is 6.42 Å². The van der Waals surface area contributed by atoms with Crippen LogP contribution in [0.25, 0.3) is 0 Å². The standard InChI is InChI=1S/C9H10F3NO/c1-6-2-3-7(13-5-6)4-8(14)9(10,11)12/h2-3,5,8,14H,4H2,1H3. The average molecular weight is 205 g/mol. The lowest BCUT2D eigenvalue weighted by atomic mass is 10.1. The van der Waals surface area contributed by atoms with Crippen LogP contribution in [0.5, 0.6) is 0 Å². The van der Waals surface area contributed by atoms with E-state index in [0.717, 1.165) is 5.56 Å². The van der Waals surface area contributed by atoms with Crippen LogP contribution >= 0.6 is 0 Å². The molecule has 1 atom stereocenters. The van der Waals surface area contributed by atoms with Gasteiger partial charge in [0.25, 0.3) is 0 Å². The number of nitrogens with zero attached hydrogens (tertiary/aromatic N) is 1. The van der Waals surface area contributed by atoms with E-state index >= 15 is 0 Å². The van der Waals surface area contributed by atoms with Crippen LogP contribution in [0.1, 0.15) is 11.3 Å². The summed E-state index contributed by atoms with van der Waals surface area (Å²) in [7, 11) is 0. The predicted octanol–water partition coefficient (Wildman–Crippen LogP) is 1.86. The maximum Gasteiger partial charge on any atom is 0.414 e. The number of hydrogen-bond acceptors (Lipinski definition) is 2. The number of aliphatic hydroxyl groups is 1. The second kappa shape index (κ2) is 3.96. The van der Waals surface area contributed by atoms with Crippen molar-refractivity contribution in [3.8, 4) is 0 Å². The molecule has 1 aromatic rings. The van der Waals surface area contributed by atoms with Gasteiger partial charge in [-0.3, -0.25) is 4.98 Å². The molecule has 0 spiro atoms. The molecule has 0 fully saturated rings. The van der Waals surface area contributed by atoms with Gasteiger partial charge in [0.05, 0.1) is 0 Å². The molecule has 0 aliphatic heterocycles. The molecule has 2 nitrogen and oxygen atoms in total. The minimum absolute atomic E-state index is 0.237. The lowest BCUT2D eigenvalue weighted by Gasteiger charge is -2.13. The number of pyridine rings is 1. The number of aryl methyl sites for hydroxylation is 1. The van der Waals surface area contributed by atoms with Crippen LogP contribution < -0.4 is 0 Å². The normalized spacial score (nSPS) is 14.1. The minimum Gasteiger partial charge on any atom is -0.383 e. The van der Waals surface area contributed by atoms with Crippen LogP contribution in [0.2, 0.25) is 0 Å². The SMILES string of the molecule is Cc1ccc(CC(O)C(F)(F)F)nc1. The minimum atomic E-state index is -4.58. The van der Waals surface area contributed by atoms with Gasteiger partial charge in [-0.25, -0.2) is 0 Å². The third-order valence-electron chi connectivity index (χ3n) is 1.75. The highest BCUT2D eigenvalue weighted by atomic mass is 19.4. The second-order valence-electron chi connectivity index (χ2n) is 3.09. The quantitative estimate of drug-likeness (QED) is 0.799. The summed E-state index contributed by atoms with van der Waals surface area (Å²) in [5.74, 6) is 0. The van der Waals surface area contributed by atoms with E-state index in [9.17, 15) is 13.2 Å². The lowest BCUT2D eigenvalue weighted by Crippen LogP contribution is -2.30. The molecule has 0 radical (unpaired) electrons. The molecule has 0 saturated carbocycles. The molecule has 1 aromatic heterocycles. The van der Waals surface area contributed by atoms with Gasteiger partial charge in [0.15, 0.2) is 6.10 Å². The third-order valence-corrected chi connectivity index (χ3v) is 1.75. The third kappa shape index (κ3) is 2.99. The highest BCUT2D eigenvalue weighted by molar-refractivity contribution is 5.12. The Bertz CT molecular complexity index is 294.